The Morgan fingerprint density at radius 1 is 0.328 bits per heavy atom. The Balaban J connectivity index is 0.974. The lowest BCUT2D eigenvalue weighted by molar-refractivity contribution is 0.669. The van der Waals surface area contributed by atoms with Gasteiger partial charge in [-0.1, -0.05) is 109 Å². The van der Waals surface area contributed by atoms with Gasteiger partial charge in [-0.15, -0.1) is 0 Å². The molecular weight excluding hydrogens is 707 g/mol. The van der Waals surface area contributed by atoms with E-state index in [-0.39, 0.29) is 0 Å². The van der Waals surface area contributed by atoms with Crippen molar-refractivity contribution in [2.24, 2.45) is 0 Å². The second-order valence-electron chi connectivity index (χ2n) is 15.3. The number of aromatic nitrogens is 2. The second-order valence-corrected chi connectivity index (χ2v) is 15.3. The summed E-state index contributed by atoms with van der Waals surface area (Å²) in [6, 6.07) is 72.5. The van der Waals surface area contributed by atoms with Crippen molar-refractivity contribution in [3.8, 4) is 16.8 Å². The quantitative estimate of drug-likeness (QED) is 0.176. The molecule has 0 saturated carbocycles. The molecule has 0 spiro atoms. The molecule has 0 radical (unpaired) electrons. The molecule has 4 aromatic heterocycles. The van der Waals surface area contributed by atoms with Gasteiger partial charge in [0.15, 0.2) is 0 Å². The predicted octanol–water partition coefficient (Wildman–Crippen LogP) is 15.0. The van der Waals surface area contributed by atoms with Gasteiger partial charge in [-0.3, -0.25) is 0 Å². The highest BCUT2D eigenvalue weighted by molar-refractivity contribution is 6.23. The second kappa shape index (κ2) is 11.8. The highest BCUT2D eigenvalue weighted by atomic mass is 16.3. The molecule has 270 valence electrons. The molecule has 13 rings (SSSR count). The van der Waals surface area contributed by atoms with Gasteiger partial charge in [-0.25, -0.2) is 0 Å². The number of hydrogen-bond acceptors (Lipinski definition) is 2. The number of anilines is 3. The summed E-state index contributed by atoms with van der Waals surface area (Å²) in [5.74, 6) is 0. The van der Waals surface area contributed by atoms with E-state index < -0.39 is 0 Å². The van der Waals surface area contributed by atoms with Gasteiger partial charge in [-0.2, -0.15) is 0 Å². The van der Waals surface area contributed by atoms with Crippen molar-refractivity contribution < 1.29 is 4.42 Å². The molecule has 0 amide bonds. The predicted molar refractivity (Wildman–Crippen MR) is 243 cm³/mol. The molecule has 4 heterocycles. The van der Waals surface area contributed by atoms with Crippen LogP contribution in [0.1, 0.15) is 0 Å². The minimum absolute atomic E-state index is 0.869. The Bertz CT molecular complexity index is 3740. The maximum atomic E-state index is 6.44. The summed E-state index contributed by atoms with van der Waals surface area (Å²) in [4.78, 5) is 2.35. The smallest absolute Gasteiger partial charge is 0.137 e. The first kappa shape index (κ1) is 31.4. The SMILES string of the molecule is c1ccc(-n2c3ccccc3c3cc(N(c4ccc(-c5ccc6c(c5)c5cccc7c8ccccc8n6c75)cc4)c4ccc5c(c4)oc4ccccc45)ccc32)cc1. The Morgan fingerprint density at radius 3 is 1.72 bits per heavy atom. The highest BCUT2D eigenvalue weighted by Crippen LogP contribution is 2.43. The maximum Gasteiger partial charge on any atom is 0.137 e. The number of fused-ring (bicyclic) bond motifs is 12. The van der Waals surface area contributed by atoms with Gasteiger partial charge in [0.2, 0.25) is 0 Å². The monoisotopic (exact) mass is 739 g/mol. The maximum absolute atomic E-state index is 6.44. The van der Waals surface area contributed by atoms with E-state index in [4.69, 9.17) is 4.42 Å². The van der Waals surface area contributed by atoms with Crippen molar-refractivity contribution in [3.63, 3.8) is 0 Å². The third-order valence-electron chi connectivity index (χ3n) is 12.2. The van der Waals surface area contributed by atoms with E-state index in [9.17, 15) is 0 Å². The van der Waals surface area contributed by atoms with Crippen LogP contribution in [-0.4, -0.2) is 8.97 Å². The van der Waals surface area contributed by atoms with E-state index in [1.54, 1.807) is 0 Å². The lowest BCUT2D eigenvalue weighted by atomic mass is 10.0. The Morgan fingerprint density at radius 2 is 0.879 bits per heavy atom. The fourth-order valence-electron chi connectivity index (χ4n) is 9.67. The van der Waals surface area contributed by atoms with Crippen LogP contribution in [-0.2, 0) is 0 Å². The molecule has 4 heteroatoms. The van der Waals surface area contributed by atoms with E-state index in [1.807, 2.05) is 12.1 Å². The van der Waals surface area contributed by atoms with Crippen molar-refractivity contribution in [1.29, 1.82) is 0 Å². The zero-order valence-corrected chi connectivity index (χ0v) is 31.3. The number of nitrogens with zero attached hydrogens (tertiary/aromatic N) is 3. The molecule has 0 atom stereocenters. The van der Waals surface area contributed by atoms with Crippen molar-refractivity contribution in [3.05, 3.63) is 200 Å². The summed E-state index contributed by atoms with van der Waals surface area (Å²) >= 11 is 0. The standard InChI is InChI=1S/C54H33N3O/c1-2-11-36(12-3-1)56-48-18-7-5-14-41(48)47-32-38(27-30-50(47)56)55(39-26-28-43-42-15-6-9-20-52(42)58-53(43)33-39)37-24-21-34(22-25-37)35-23-29-51-46(31-35)45-17-10-16-44-40-13-4-8-19-49(40)57(51)54(44)45/h1-33H. The van der Waals surface area contributed by atoms with Crippen molar-refractivity contribution in [2.75, 3.05) is 4.90 Å². The average molecular weight is 740 g/mol. The van der Waals surface area contributed by atoms with E-state index in [1.165, 1.54) is 71.0 Å². The normalized spacial score (nSPS) is 12.1. The van der Waals surface area contributed by atoms with E-state index >= 15 is 0 Å². The molecule has 0 saturated heterocycles. The zero-order valence-electron chi connectivity index (χ0n) is 31.3. The highest BCUT2D eigenvalue weighted by Gasteiger charge is 2.20. The summed E-state index contributed by atoms with van der Waals surface area (Å²) in [6.07, 6.45) is 0. The summed E-state index contributed by atoms with van der Waals surface area (Å²) in [5, 5.41) is 9.83. The van der Waals surface area contributed by atoms with E-state index in [0.29, 0.717) is 0 Å². The topological polar surface area (TPSA) is 25.7 Å². The molecule has 0 aliphatic heterocycles. The fourth-order valence-corrected chi connectivity index (χ4v) is 9.67. The largest absolute Gasteiger partial charge is 0.456 e. The van der Waals surface area contributed by atoms with E-state index in [2.05, 4.69) is 202 Å². The van der Waals surface area contributed by atoms with Gasteiger partial charge in [-0.05, 0) is 96.1 Å². The number of benzene rings is 9. The third kappa shape index (κ3) is 4.40. The molecule has 0 aliphatic carbocycles. The Hall–Kier alpha value is -7.82. The number of rotatable bonds is 5. The summed E-state index contributed by atoms with van der Waals surface area (Å²) in [7, 11) is 0. The van der Waals surface area contributed by atoms with Crippen molar-refractivity contribution in [1.82, 2.24) is 8.97 Å². The van der Waals surface area contributed by atoms with Crippen LogP contribution < -0.4 is 4.90 Å². The van der Waals surface area contributed by atoms with Crippen LogP contribution >= 0.6 is 0 Å². The number of para-hydroxylation sites is 5. The van der Waals surface area contributed by atoms with Crippen LogP contribution in [0.25, 0.3) is 98.7 Å². The van der Waals surface area contributed by atoms with Gasteiger partial charge >= 0.3 is 0 Å². The van der Waals surface area contributed by atoms with Crippen molar-refractivity contribution in [2.45, 2.75) is 0 Å². The minimum atomic E-state index is 0.869. The summed E-state index contributed by atoms with van der Waals surface area (Å²) in [6.45, 7) is 0. The van der Waals surface area contributed by atoms with Crippen molar-refractivity contribution >= 4 is 98.9 Å². The van der Waals surface area contributed by atoms with Gasteiger partial charge in [0.1, 0.15) is 11.2 Å². The first-order chi connectivity index (χ1) is 28.8. The third-order valence-corrected chi connectivity index (χ3v) is 12.2. The first-order valence-electron chi connectivity index (χ1n) is 19.8. The molecule has 0 N–H and O–H groups in total. The molecule has 0 fully saturated rings. The molecule has 4 nitrogen and oxygen atoms in total. The molecule has 9 aromatic carbocycles. The number of furan rings is 1. The molecular formula is C54H33N3O. The lowest BCUT2D eigenvalue weighted by Crippen LogP contribution is -2.09. The van der Waals surface area contributed by atoms with Crippen LogP contribution in [0, 0.1) is 0 Å². The lowest BCUT2D eigenvalue weighted by Gasteiger charge is -2.26. The zero-order chi connectivity index (χ0) is 37.9. The van der Waals surface area contributed by atoms with Crippen LogP contribution in [0.2, 0.25) is 0 Å². The van der Waals surface area contributed by atoms with Crippen LogP contribution in [0.3, 0.4) is 0 Å². The molecule has 0 unspecified atom stereocenters. The molecule has 58 heavy (non-hydrogen) atoms. The van der Waals surface area contributed by atoms with Crippen LogP contribution in [0.5, 0.6) is 0 Å². The molecule has 0 bridgehead atoms. The van der Waals surface area contributed by atoms with Gasteiger partial charge in [0.05, 0.1) is 27.6 Å². The Kier molecular flexibility index (Phi) is 6.41. The average Bonchev–Trinajstić information content (AvgIpc) is 4.02. The molecule has 13 aromatic rings. The number of hydrogen-bond donors (Lipinski definition) is 0. The first-order valence-corrected chi connectivity index (χ1v) is 19.8. The van der Waals surface area contributed by atoms with Gasteiger partial charge < -0.3 is 18.3 Å². The minimum Gasteiger partial charge on any atom is -0.456 e. The fraction of sp³-hybridized carbons (Fsp3) is 0. The van der Waals surface area contributed by atoms with Gasteiger partial charge in [0, 0.05) is 71.9 Å². The molecule has 0 aliphatic rings. The summed E-state index contributed by atoms with van der Waals surface area (Å²) in [5.41, 5.74) is 14.6. The van der Waals surface area contributed by atoms with Crippen LogP contribution in [0.15, 0.2) is 205 Å². The van der Waals surface area contributed by atoms with Gasteiger partial charge in [0.25, 0.3) is 0 Å². The summed E-state index contributed by atoms with van der Waals surface area (Å²) < 4.78 is 11.2. The Labute approximate surface area is 333 Å². The van der Waals surface area contributed by atoms with E-state index in [0.717, 1.165) is 44.7 Å². The van der Waals surface area contributed by atoms with Crippen LogP contribution in [0.4, 0.5) is 17.1 Å².